The number of benzene rings is 1. The van der Waals surface area contributed by atoms with Crippen LogP contribution in [0.5, 0.6) is 0 Å². The molecule has 0 aliphatic rings. The summed E-state index contributed by atoms with van der Waals surface area (Å²) in [5, 5.41) is 0. The molecule has 2 aromatic heterocycles. The lowest BCUT2D eigenvalue weighted by Gasteiger charge is -2.07. The van der Waals surface area contributed by atoms with Gasteiger partial charge in [-0.2, -0.15) is 13.2 Å². The Morgan fingerprint density at radius 2 is 1.90 bits per heavy atom. The van der Waals surface area contributed by atoms with Gasteiger partial charge in [0.05, 0.1) is 11.3 Å². The van der Waals surface area contributed by atoms with Gasteiger partial charge in [0.15, 0.2) is 0 Å². The van der Waals surface area contributed by atoms with Crippen LogP contribution in [0.25, 0.3) is 5.65 Å². The van der Waals surface area contributed by atoms with Crippen molar-refractivity contribution in [3.05, 3.63) is 71.2 Å². The van der Waals surface area contributed by atoms with Gasteiger partial charge >= 0.3 is 6.18 Å². The van der Waals surface area contributed by atoms with Crippen molar-refractivity contribution < 1.29 is 13.2 Å². The maximum Gasteiger partial charge on any atom is 0.416 e. The van der Waals surface area contributed by atoms with Gasteiger partial charge in [0, 0.05) is 18.8 Å². The van der Waals surface area contributed by atoms with E-state index in [0.29, 0.717) is 12.0 Å². The minimum atomic E-state index is -4.31. The number of imidazole rings is 1. The SMILES string of the molecule is Cc1ccc2nc(Cc3cccc(C(F)(F)F)c3)cn2c1. The van der Waals surface area contributed by atoms with Gasteiger partial charge in [-0.3, -0.25) is 0 Å². The molecule has 0 aliphatic carbocycles. The summed E-state index contributed by atoms with van der Waals surface area (Å²) in [6, 6.07) is 9.22. The fourth-order valence-corrected chi connectivity index (χ4v) is 2.31. The number of aromatic nitrogens is 2. The van der Waals surface area contributed by atoms with E-state index in [1.807, 2.05) is 35.9 Å². The van der Waals surface area contributed by atoms with Gasteiger partial charge in [-0.15, -0.1) is 0 Å². The van der Waals surface area contributed by atoms with Gasteiger partial charge in [-0.05, 0) is 30.2 Å². The molecule has 3 rings (SSSR count). The van der Waals surface area contributed by atoms with Crippen molar-refractivity contribution in [1.82, 2.24) is 9.38 Å². The van der Waals surface area contributed by atoms with Crippen LogP contribution in [0.4, 0.5) is 13.2 Å². The number of pyridine rings is 1. The van der Waals surface area contributed by atoms with Crippen molar-refractivity contribution in [1.29, 1.82) is 0 Å². The van der Waals surface area contributed by atoms with Crippen LogP contribution in [0.1, 0.15) is 22.4 Å². The molecule has 21 heavy (non-hydrogen) atoms. The third kappa shape index (κ3) is 2.91. The van der Waals surface area contributed by atoms with E-state index < -0.39 is 11.7 Å². The Bertz CT molecular complexity index is 788. The van der Waals surface area contributed by atoms with Crippen molar-refractivity contribution in [3.63, 3.8) is 0 Å². The first-order valence-corrected chi connectivity index (χ1v) is 6.52. The maximum atomic E-state index is 12.7. The number of fused-ring (bicyclic) bond motifs is 1. The Morgan fingerprint density at radius 3 is 2.67 bits per heavy atom. The van der Waals surface area contributed by atoms with Gasteiger partial charge in [0.25, 0.3) is 0 Å². The molecule has 0 saturated heterocycles. The quantitative estimate of drug-likeness (QED) is 0.689. The van der Waals surface area contributed by atoms with E-state index in [0.717, 1.165) is 23.0 Å². The molecule has 0 spiro atoms. The normalized spacial score (nSPS) is 12.0. The molecule has 0 N–H and O–H groups in total. The summed E-state index contributed by atoms with van der Waals surface area (Å²) < 4.78 is 40.0. The lowest BCUT2D eigenvalue weighted by atomic mass is 10.1. The average Bonchev–Trinajstić information content (AvgIpc) is 2.79. The summed E-state index contributed by atoms with van der Waals surface area (Å²) in [6.07, 6.45) is -0.142. The summed E-state index contributed by atoms with van der Waals surface area (Å²) in [4.78, 5) is 4.42. The number of nitrogens with zero attached hydrogens (tertiary/aromatic N) is 2. The maximum absolute atomic E-state index is 12.7. The number of hydrogen-bond donors (Lipinski definition) is 0. The van der Waals surface area contributed by atoms with Gasteiger partial charge in [-0.1, -0.05) is 24.3 Å². The molecule has 0 aliphatic heterocycles. The van der Waals surface area contributed by atoms with E-state index >= 15 is 0 Å². The molecule has 5 heteroatoms. The highest BCUT2D eigenvalue weighted by Crippen LogP contribution is 2.29. The molecular formula is C16H13F3N2. The number of aryl methyl sites for hydroxylation is 1. The monoisotopic (exact) mass is 290 g/mol. The largest absolute Gasteiger partial charge is 0.416 e. The predicted molar refractivity (Wildman–Crippen MR) is 74.2 cm³/mol. The zero-order valence-electron chi connectivity index (χ0n) is 11.4. The van der Waals surface area contributed by atoms with Crippen molar-refractivity contribution in [2.45, 2.75) is 19.5 Å². The summed E-state index contributed by atoms with van der Waals surface area (Å²) in [5.41, 5.74) is 2.62. The van der Waals surface area contributed by atoms with Gasteiger partial charge in [-0.25, -0.2) is 4.98 Å². The zero-order valence-corrected chi connectivity index (χ0v) is 11.4. The van der Waals surface area contributed by atoms with E-state index in [4.69, 9.17) is 0 Å². The van der Waals surface area contributed by atoms with Gasteiger partial charge in [0.1, 0.15) is 5.65 Å². The van der Waals surface area contributed by atoms with Crippen LogP contribution in [0, 0.1) is 6.92 Å². The summed E-state index contributed by atoms with van der Waals surface area (Å²) in [6.45, 7) is 1.98. The van der Waals surface area contributed by atoms with Crippen molar-refractivity contribution in [3.8, 4) is 0 Å². The van der Waals surface area contributed by atoms with Crippen LogP contribution in [0.2, 0.25) is 0 Å². The van der Waals surface area contributed by atoms with Crippen LogP contribution in [0.15, 0.2) is 48.8 Å². The van der Waals surface area contributed by atoms with Crippen LogP contribution in [-0.4, -0.2) is 9.38 Å². The molecule has 0 fully saturated rings. The third-order valence-corrected chi connectivity index (χ3v) is 3.29. The van der Waals surface area contributed by atoms with Crippen LogP contribution < -0.4 is 0 Å². The second-order valence-electron chi connectivity index (χ2n) is 5.08. The lowest BCUT2D eigenvalue weighted by Crippen LogP contribution is -2.05. The molecule has 0 amide bonds. The van der Waals surface area contributed by atoms with Crippen molar-refractivity contribution >= 4 is 5.65 Å². The fraction of sp³-hybridized carbons (Fsp3) is 0.188. The number of halogens is 3. The Balaban J connectivity index is 1.91. The molecule has 0 unspecified atom stereocenters. The van der Waals surface area contributed by atoms with Crippen LogP contribution in [0.3, 0.4) is 0 Å². The summed E-state index contributed by atoms with van der Waals surface area (Å²) >= 11 is 0. The Labute approximate surface area is 119 Å². The molecular weight excluding hydrogens is 277 g/mol. The van der Waals surface area contributed by atoms with Crippen molar-refractivity contribution in [2.24, 2.45) is 0 Å². The molecule has 0 bridgehead atoms. The molecule has 0 atom stereocenters. The third-order valence-electron chi connectivity index (χ3n) is 3.29. The molecule has 0 saturated carbocycles. The minimum absolute atomic E-state index is 0.380. The van der Waals surface area contributed by atoms with E-state index in [-0.39, 0.29) is 0 Å². The topological polar surface area (TPSA) is 17.3 Å². The summed E-state index contributed by atoms with van der Waals surface area (Å²) in [7, 11) is 0. The highest BCUT2D eigenvalue weighted by Gasteiger charge is 2.30. The van der Waals surface area contributed by atoms with E-state index in [1.54, 1.807) is 6.07 Å². The molecule has 3 aromatic rings. The second-order valence-corrected chi connectivity index (χ2v) is 5.08. The number of rotatable bonds is 2. The second kappa shape index (κ2) is 4.91. The first-order chi connectivity index (χ1) is 9.91. The fourth-order valence-electron chi connectivity index (χ4n) is 2.31. The van der Waals surface area contributed by atoms with Gasteiger partial charge in [0.2, 0.25) is 0 Å². The molecule has 2 heterocycles. The molecule has 108 valence electrons. The highest BCUT2D eigenvalue weighted by molar-refractivity contribution is 5.42. The van der Waals surface area contributed by atoms with Crippen LogP contribution in [-0.2, 0) is 12.6 Å². The number of hydrogen-bond acceptors (Lipinski definition) is 1. The van der Waals surface area contributed by atoms with E-state index in [9.17, 15) is 13.2 Å². The predicted octanol–water partition coefficient (Wildman–Crippen LogP) is 4.25. The van der Waals surface area contributed by atoms with Crippen LogP contribution >= 0.6 is 0 Å². The molecule has 0 radical (unpaired) electrons. The molecule has 2 nitrogen and oxygen atoms in total. The van der Waals surface area contributed by atoms with E-state index in [1.165, 1.54) is 12.1 Å². The van der Waals surface area contributed by atoms with Gasteiger partial charge < -0.3 is 4.40 Å². The zero-order chi connectivity index (χ0) is 15.0. The number of alkyl halides is 3. The Morgan fingerprint density at radius 1 is 1.10 bits per heavy atom. The minimum Gasteiger partial charge on any atom is -0.307 e. The summed E-state index contributed by atoms with van der Waals surface area (Å²) in [5.74, 6) is 0. The lowest BCUT2D eigenvalue weighted by molar-refractivity contribution is -0.137. The van der Waals surface area contributed by atoms with Crippen molar-refractivity contribution in [2.75, 3.05) is 0 Å². The standard InChI is InChI=1S/C16H13F3N2/c1-11-5-6-15-20-14(10-21(15)9-11)8-12-3-2-4-13(7-12)16(17,18)19/h2-7,9-10H,8H2,1H3. The molecule has 1 aromatic carbocycles. The first-order valence-electron chi connectivity index (χ1n) is 6.52. The average molecular weight is 290 g/mol. The Hall–Kier alpha value is -2.30. The first kappa shape index (κ1) is 13.7. The Kier molecular flexibility index (Phi) is 3.20. The smallest absolute Gasteiger partial charge is 0.307 e. The highest BCUT2D eigenvalue weighted by atomic mass is 19.4. The van der Waals surface area contributed by atoms with E-state index in [2.05, 4.69) is 4.98 Å².